The molecule has 0 saturated carbocycles. The predicted molar refractivity (Wildman–Crippen MR) is 95.8 cm³/mol. The number of hydrogen-bond donors (Lipinski definition) is 1. The number of ether oxygens (including phenoxy) is 1. The molecule has 6 nitrogen and oxygen atoms in total. The molecule has 0 atom stereocenters. The lowest BCUT2D eigenvalue weighted by Gasteiger charge is -2.22. The van der Waals surface area contributed by atoms with Crippen molar-refractivity contribution in [1.29, 1.82) is 0 Å². The highest BCUT2D eigenvalue weighted by molar-refractivity contribution is 6.03. The van der Waals surface area contributed by atoms with Crippen molar-refractivity contribution in [3.05, 3.63) is 42.4 Å². The molecule has 0 spiro atoms. The molecule has 6 heteroatoms. The fraction of sp³-hybridized carbons (Fsp3) is 0.389. The summed E-state index contributed by atoms with van der Waals surface area (Å²) in [5.41, 5.74) is 0.882. The molecule has 0 unspecified atom stereocenters. The van der Waals surface area contributed by atoms with E-state index in [-0.39, 0.29) is 11.6 Å². The Morgan fingerprint density at radius 3 is 2.42 bits per heavy atom. The molecule has 24 heavy (non-hydrogen) atoms. The monoisotopic (exact) mass is 328 g/mol. The fourth-order valence-electron chi connectivity index (χ4n) is 2.42. The number of anilines is 2. The maximum atomic E-state index is 12.3. The first-order valence-electron chi connectivity index (χ1n) is 8.21. The molecule has 0 aliphatic rings. The van der Waals surface area contributed by atoms with E-state index in [0.29, 0.717) is 11.4 Å². The third-order valence-corrected chi connectivity index (χ3v) is 3.54. The van der Waals surface area contributed by atoms with Gasteiger partial charge in [-0.05, 0) is 25.0 Å². The van der Waals surface area contributed by atoms with Gasteiger partial charge in [0.2, 0.25) is 0 Å². The van der Waals surface area contributed by atoms with Crippen LogP contribution in [0.1, 0.15) is 37.2 Å². The Kier molecular flexibility index (Phi) is 6.54. The molecule has 0 saturated heterocycles. The van der Waals surface area contributed by atoms with Gasteiger partial charge in [-0.25, -0.2) is 9.97 Å². The van der Waals surface area contributed by atoms with Crippen molar-refractivity contribution in [1.82, 2.24) is 9.97 Å². The fourth-order valence-corrected chi connectivity index (χ4v) is 2.42. The Hall–Kier alpha value is -2.63. The minimum Gasteiger partial charge on any atom is -0.495 e. The highest BCUT2D eigenvalue weighted by atomic mass is 16.5. The van der Waals surface area contributed by atoms with Crippen LogP contribution < -0.4 is 15.0 Å². The summed E-state index contributed by atoms with van der Waals surface area (Å²) in [4.78, 5) is 23.2. The molecule has 1 heterocycles. The first-order valence-corrected chi connectivity index (χ1v) is 8.21. The Balaban J connectivity index is 2.10. The smallest absolute Gasteiger partial charge is 0.275 e. The lowest BCUT2D eigenvalue weighted by Crippen LogP contribution is -2.26. The summed E-state index contributed by atoms with van der Waals surface area (Å²) < 4.78 is 5.23. The first-order chi connectivity index (χ1) is 11.7. The number of benzene rings is 1. The number of para-hydroxylation sites is 2. The number of carbonyl (C=O) groups excluding carboxylic acids is 1. The van der Waals surface area contributed by atoms with Gasteiger partial charge in [0.25, 0.3) is 5.91 Å². The average molecular weight is 328 g/mol. The summed E-state index contributed by atoms with van der Waals surface area (Å²) in [5.74, 6) is 1.09. The van der Waals surface area contributed by atoms with Crippen molar-refractivity contribution < 1.29 is 9.53 Å². The van der Waals surface area contributed by atoms with Gasteiger partial charge in [-0.1, -0.05) is 26.0 Å². The van der Waals surface area contributed by atoms with Crippen LogP contribution >= 0.6 is 0 Å². The molecule has 128 valence electrons. The van der Waals surface area contributed by atoms with Crippen LogP contribution in [0.15, 0.2) is 36.7 Å². The number of hydrogen-bond acceptors (Lipinski definition) is 5. The average Bonchev–Trinajstić information content (AvgIpc) is 2.62. The van der Waals surface area contributed by atoms with Crippen LogP contribution in [-0.2, 0) is 0 Å². The van der Waals surface area contributed by atoms with Gasteiger partial charge in [-0.15, -0.1) is 0 Å². The number of nitrogens with zero attached hydrogens (tertiary/aromatic N) is 3. The third kappa shape index (κ3) is 4.44. The lowest BCUT2D eigenvalue weighted by molar-refractivity contribution is 0.102. The molecular weight excluding hydrogens is 304 g/mol. The topological polar surface area (TPSA) is 67.4 Å². The minimum absolute atomic E-state index is 0.276. The van der Waals surface area contributed by atoms with Crippen molar-refractivity contribution in [2.45, 2.75) is 26.7 Å². The van der Waals surface area contributed by atoms with Crippen LogP contribution in [0.4, 0.5) is 11.5 Å². The van der Waals surface area contributed by atoms with E-state index in [1.54, 1.807) is 25.4 Å². The number of methoxy groups -OCH3 is 1. The van der Waals surface area contributed by atoms with Crippen LogP contribution in [0, 0.1) is 0 Å². The summed E-state index contributed by atoms with van der Waals surface area (Å²) in [6.07, 6.45) is 5.25. The summed E-state index contributed by atoms with van der Waals surface area (Å²) in [6.45, 7) is 6.11. The second-order valence-electron chi connectivity index (χ2n) is 5.40. The van der Waals surface area contributed by atoms with E-state index in [1.807, 2.05) is 12.1 Å². The van der Waals surface area contributed by atoms with Crippen molar-refractivity contribution in [2.75, 3.05) is 30.4 Å². The summed E-state index contributed by atoms with van der Waals surface area (Å²) in [7, 11) is 1.57. The van der Waals surface area contributed by atoms with E-state index in [2.05, 4.69) is 34.0 Å². The summed E-state index contributed by atoms with van der Waals surface area (Å²) in [5, 5.41) is 2.80. The van der Waals surface area contributed by atoms with E-state index >= 15 is 0 Å². The largest absolute Gasteiger partial charge is 0.495 e. The molecule has 0 fully saturated rings. The molecule has 0 aliphatic heterocycles. The molecule has 2 rings (SSSR count). The van der Waals surface area contributed by atoms with Crippen LogP contribution in [0.3, 0.4) is 0 Å². The predicted octanol–water partition coefficient (Wildman–Crippen LogP) is 3.36. The van der Waals surface area contributed by atoms with E-state index in [1.165, 1.54) is 6.20 Å². The molecule has 1 amide bonds. The quantitative estimate of drug-likeness (QED) is 0.805. The Labute approximate surface area is 142 Å². The molecule has 0 bridgehead atoms. The molecule has 0 aliphatic carbocycles. The van der Waals surface area contributed by atoms with E-state index in [9.17, 15) is 4.79 Å². The summed E-state index contributed by atoms with van der Waals surface area (Å²) in [6, 6.07) is 7.25. The van der Waals surface area contributed by atoms with Crippen molar-refractivity contribution in [3.8, 4) is 5.75 Å². The van der Waals surface area contributed by atoms with Gasteiger partial charge in [0.1, 0.15) is 17.3 Å². The van der Waals surface area contributed by atoms with Crippen molar-refractivity contribution in [2.24, 2.45) is 0 Å². The van der Waals surface area contributed by atoms with Gasteiger partial charge in [0.15, 0.2) is 0 Å². The van der Waals surface area contributed by atoms with Crippen LogP contribution in [-0.4, -0.2) is 36.1 Å². The standard InChI is InChI=1S/C18H24N4O2/c1-4-10-22(11-5-2)17-13-19-15(12-20-17)18(23)21-14-8-6-7-9-16(14)24-3/h6-9,12-13H,4-5,10-11H2,1-3H3,(H,21,23). The van der Waals surface area contributed by atoms with Gasteiger partial charge in [-0.2, -0.15) is 0 Å². The zero-order chi connectivity index (χ0) is 17.4. The van der Waals surface area contributed by atoms with Crippen molar-refractivity contribution in [3.63, 3.8) is 0 Å². The van der Waals surface area contributed by atoms with Crippen LogP contribution in [0.25, 0.3) is 0 Å². The van der Waals surface area contributed by atoms with E-state index in [0.717, 1.165) is 31.7 Å². The van der Waals surface area contributed by atoms with Gasteiger partial charge in [0, 0.05) is 13.1 Å². The van der Waals surface area contributed by atoms with Gasteiger partial charge >= 0.3 is 0 Å². The highest BCUT2D eigenvalue weighted by Crippen LogP contribution is 2.23. The van der Waals surface area contributed by atoms with Gasteiger partial charge < -0.3 is 15.0 Å². The highest BCUT2D eigenvalue weighted by Gasteiger charge is 2.13. The van der Waals surface area contributed by atoms with Crippen molar-refractivity contribution >= 4 is 17.4 Å². The molecule has 1 N–H and O–H groups in total. The van der Waals surface area contributed by atoms with Crippen LogP contribution in [0.2, 0.25) is 0 Å². The second kappa shape index (κ2) is 8.86. The molecule has 0 radical (unpaired) electrons. The molecule has 1 aromatic carbocycles. The zero-order valence-corrected chi connectivity index (χ0v) is 14.5. The maximum Gasteiger partial charge on any atom is 0.275 e. The number of carbonyl (C=O) groups is 1. The third-order valence-electron chi connectivity index (χ3n) is 3.54. The number of rotatable bonds is 8. The maximum absolute atomic E-state index is 12.3. The molecule has 2 aromatic rings. The molecular formula is C18H24N4O2. The number of aromatic nitrogens is 2. The van der Waals surface area contributed by atoms with Gasteiger partial charge in [-0.3, -0.25) is 4.79 Å². The Morgan fingerprint density at radius 2 is 1.83 bits per heavy atom. The lowest BCUT2D eigenvalue weighted by atomic mass is 10.3. The van der Waals surface area contributed by atoms with E-state index in [4.69, 9.17) is 4.74 Å². The number of nitrogens with one attached hydrogen (secondary N) is 1. The number of amides is 1. The van der Waals surface area contributed by atoms with Crippen LogP contribution in [0.5, 0.6) is 5.75 Å². The normalized spacial score (nSPS) is 10.3. The Bertz CT molecular complexity index is 652. The van der Waals surface area contributed by atoms with E-state index < -0.39 is 0 Å². The first kappa shape index (κ1) is 17.7. The second-order valence-corrected chi connectivity index (χ2v) is 5.40. The summed E-state index contributed by atoms with van der Waals surface area (Å²) >= 11 is 0. The minimum atomic E-state index is -0.309. The zero-order valence-electron chi connectivity index (χ0n) is 14.5. The SMILES string of the molecule is CCCN(CCC)c1cnc(C(=O)Nc2ccccc2OC)cn1. The Morgan fingerprint density at radius 1 is 1.12 bits per heavy atom. The molecule has 1 aromatic heterocycles. The van der Waals surface area contributed by atoms with Gasteiger partial charge in [0.05, 0.1) is 25.2 Å².